The maximum absolute atomic E-state index is 11.4. The number of nitrogens with one attached hydrogen (secondary N) is 3. The Morgan fingerprint density at radius 2 is 1.68 bits per heavy atom. The van der Waals surface area contributed by atoms with E-state index in [1.807, 2.05) is 20.8 Å². The highest BCUT2D eigenvalue weighted by Crippen LogP contribution is 1.98. The lowest BCUT2D eigenvalue weighted by atomic mass is 10.1. The van der Waals surface area contributed by atoms with Crippen LogP contribution < -0.4 is 16.0 Å². The molecule has 0 aliphatic carbocycles. The lowest BCUT2D eigenvalue weighted by Crippen LogP contribution is -2.42. The molecule has 5 nitrogen and oxygen atoms in total. The minimum atomic E-state index is 0.0351. The summed E-state index contributed by atoms with van der Waals surface area (Å²) in [6.07, 6.45) is 1.08. The molecule has 0 heterocycles. The Morgan fingerprint density at radius 3 is 2.21 bits per heavy atom. The van der Waals surface area contributed by atoms with Crippen molar-refractivity contribution in [2.24, 2.45) is 16.8 Å². The molecule has 1 amide bonds. The molecule has 0 saturated carbocycles. The number of guanidine groups is 1. The molecule has 0 spiro atoms. The second-order valence-corrected chi connectivity index (χ2v) is 5.32. The average Bonchev–Trinajstić information content (AvgIpc) is 2.33. The summed E-state index contributed by atoms with van der Waals surface area (Å²) in [6.45, 7) is 13.2. The van der Waals surface area contributed by atoms with Crippen molar-refractivity contribution >= 4 is 11.9 Å². The molecule has 3 N–H and O–H groups in total. The Morgan fingerprint density at radius 1 is 1.05 bits per heavy atom. The highest BCUT2D eigenvalue weighted by molar-refractivity contribution is 5.80. The second-order valence-electron chi connectivity index (χ2n) is 5.32. The zero-order valence-electron chi connectivity index (χ0n) is 13.0. The summed E-state index contributed by atoms with van der Waals surface area (Å²) in [6, 6.07) is 0. The first-order chi connectivity index (χ1) is 8.97. The van der Waals surface area contributed by atoms with Gasteiger partial charge in [-0.25, -0.2) is 0 Å². The Hall–Kier alpha value is -1.26. The van der Waals surface area contributed by atoms with E-state index < -0.39 is 0 Å². The molecule has 0 rings (SSSR count). The lowest BCUT2D eigenvalue weighted by Gasteiger charge is -2.12. The molecule has 0 aromatic heterocycles. The van der Waals surface area contributed by atoms with Crippen molar-refractivity contribution in [1.82, 2.24) is 16.0 Å². The average molecular weight is 270 g/mol. The van der Waals surface area contributed by atoms with Crippen molar-refractivity contribution in [3.63, 3.8) is 0 Å². The molecule has 112 valence electrons. The monoisotopic (exact) mass is 270 g/mol. The van der Waals surface area contributed by atoms with E-state index in [1.54, 1.807) is 0 Å². The van der Waals surface area contributed by atoms with Crippen molar-refractivity contribution in [3.05, 3.63) is 0 Å². The maximum Gasteiger partial charge on any atom is 0.222 e. The van der Waals surface area contributed by atoms with Gasteiger partial charge >= 0.3 is 0 Å². The molecule has 19 heavy (non-hydrogen) atoms. The smallest absolute Gasteiger partial charge is 0.222 e. The van der Waals surface area contributed by atoms with Crippen molar-refractivity contribution < 1.29 is 4.79 Å². The van der Waals surface area contributed by atoms with E-state index in [1.165, 1.54) is 0 Å². The number of carbonyl (C=O) groups is 1. The predicted molar refractivity (Wildman–Crippen MR) is 81.3 cm³/mol. The van der Waals surface area contributed by atoms with E-state index in [9.17, 15) is 4.79 Å². The van der Waals surface area contributed by atoms with E-state index >= 15 is 0 Å². The van der Waals surface area contributed by atoms with Gasteiger partial charge in [0.1, 0.15) is 0 Å². The molecule has 0 bridgehead atoms. The minimum absolute atomic E-state index is 0.0351. The van der Waals surface area contributed by atoms with Crippen LogP contribution in [-0.2, 0) is 4.79 Å². The second kappa shape index (κ2) is 10.6. The van der Waals surface area contributed by atoms with Gasteiger partial charge < -0.3 is 16.0 Å². The third-order valence-electron chi connectivity index (χ3n) is 2.56. The molecule has 0 atom stereocenters. The van der Waals surface area contributed by atoms with Crippen molar-refractivity contribution in [2.75, 3.05) is 26.2 Å². The number of hydrogen-bond acceptors (Lipinski definition) is 2. The number of nitrogens with zero attached hydrogens (tertiary/aromatic N) is 1. The van der Waals surface area contributed by atoms with Crippen LogP contribution >= 0.6 is 0 Å². The fourth-order valence-electron chi connectivity index (χ4n) is 1.35. The van der Waals surface area contributed by atoms with Gasteiger partial charge in [-0.2, -0.15) is 0 Å². The Labute approximate surface area is 117 Å². The topological polar surface area (TPSA) is 65.5 Å². The van der Waals surface area contributed by atoms with Crippen LogP contribution in [0.25, 0.3) is 0 Å². The van der Waals surface area contributed by atoms with Gasteiger partial charge in [-0.05, 0) is 19.3 Å². The van der Waals surface area contributed by atoms with Gasteiger partial charge in [-0.1, -0.05) is 27.7 Å². The number of carbonyl (C=O) groups excluding carboxylic acids is 1. The first-order valence-electron chi connectivity index (χ1n) is 7.27. The highest BCUT2D eigenvalue weighted by atomic mass is 16.1. The van der Waals surface area contributed by atoms with Crippen LogP contribution in [-0.4, -0.2) is 38.0 Å². The number of rotatable bonds is 8. The van der Waals surface area contributed by atoms with Crippen molar-refractivity contribution in [2.45, 2.75) is 41.0 Å². The van der Waals surface area contributed by atoms with E-state index in [-0.39, 0.29) is 11.8 Å². The van der Waals surface area contributed by atoms with Crippen LogP contribution in [0.15, 0.2) is 4.99 Å². The van der Waals surface area contributed by atoms with Crippen LogP contribution in [0.3, 0.4) is 0 Å². The third-order valence-corrected chi connectivity index (χ3v) is 2.56. The molecule has 0 radical (unpaired) electrons. The molecule has 0 aliphatic heterocycles. The van der Waals surface area contributed by atoms with E-state index in [0.29, 0.717) is 19.0 Å². The summed E-state index contributed by atoms with van der Waals surface area (Å²) in [4.78, 5) is 15.9. The SMILES string of the molecule is CCNC(=NCCC(C)C)NCCNC(=O)C(C)C. The summed E-state index contributed by atoms with van der Waals surface area (Å²) < 4.78 is 0. The van der Waals surface area contributed by atoms with E-state index in [2.05, 4.69) is 34.8 Å². The van der Waals surface area contributed by atoms with Crippen LogP contribution in [0, 0.1) is 11.8 Å². The molecular weight excluding hydrogens is 240 g/mol. The fourth-order valence-corrected chi connectivity index (χ4v) is 1.35. The largest absolute Gasteiger partial charge is 0.357 e. The lowest BCUT2D eigenvalue weighted by molar-refractivity contribution is -0.123. The maximum atomic E-state index is 11.4. The van der Waals surface area contributed by atoms with Gasteiger partial charge in [0, 0.05) is 32.1 Å². The molecule has 0 aromatic carbocycles. The molecule has 0 fully saturated rings. The first kappa shape index (κ1) is 17.7. The summed E-state index contributed by atoms with van der Waals surface area (Å²) in [5.74, 6) is 1.61. The Balaban J connectivity index is 3.90. The number of hydrogen-bond donors (Lipinski definition) is 3. The van der Waals surface area contributed by atoms with Gasteiger partial charge in [0.05, 0.1) is 0 Å². The molecule has 0 aliphatic rings. The predicted octanol–water partition coefficient (Wildman–Crippen LogP) is 1.36. The molecule has 0 aromatic rings. The van der Waals surface area contributed by atoms with Gasteiger partial charge in [0.2, 0.25) is 5.91 Å². The quantitative estimate of drug-likeness (QED) is 0.354. The van der Waals surface area contributed by atoms with Crippen LogP contribution in [0.2, 0.25) is 0 Å². The zero-order chi connectivity index (χ0) is 14.7. The van der Waals surface area contributed by atoms with Crippen LogP contribution in [0.5, 0.6) is 0 Å². The first-order valence-corrected chi connectivity index (χ1v) is 7.27. The number of aliphatic imine (C=N–C) groups is 1. The van der Waals surface area contributed by atoms with E-state index in [0.717, 1.165) is 25.5 Å². The molecular formula is C14H30N4O. The molecule has 0 unspecified atom stereocenters. The highest BCUT2D eigenvalue weighted by Gasteiger charge is 2.05. The summed E-state index contributed by atoms with van der Waals surface area (Å²) in [5, 5.41) is 9.28. The van der Waals surface area contributed by atoms with Gasteiger partial charge in [0.15, 0.2) is 5.96 Å². The zero-order valence-corrected chi connectivity index (χ0v) is 13.0. The third kappa shape index (κ3) is 10.4. The Kier molecular flexibility index (Phi) is 9.94. The van der Waals surface area contributed by atoms with Crippen molar-refractivity contribution in [3.8, 4) is 0 Å². The summed E-state index contributed by atoms with van der Waals surface area (Å²) >= 11 is 0. The van der Waals surface area contributed by atoms with Gasteiger partial charge in [-0.15, -0.1) is 0 Å². The number of amides is 1. The normalized spacial score (nSPS) is 11.8. The fraction of sp³-hybridized carbons (Fsp3) is 0.857. The summed E-state index contributed by atoms with van der Waals surface area (Å²) in [5.41, 5.74) is 0. The van der Waals surface area contributed by atoms with Crippen LogP contribution in [0.1, 0.15) is 41.0 Å². The van der Waals surface area contributed by atoms with Gasteiger partial charge in [-0.3, -0.25) is 9.79 Å². The standard InChI is InChI=1S/C14H30N4O/c1-6-15-14(17-8-7-11(2)3)18-10-9-16-13(19)12(4)5/h11-12H,6-10H2,1-5H3,(H,16,19)(H2,15,17,18). The molecule has 5 heteroatoms. The van der Waals surface area contributed by atoms with E-state index in [4.69, 9.17) is 0 Å². The van der Waals surface area contributed by atoms with Gasteiger partial charge in [0.25, 0.3) is 0 Å². The minimum Gasteiger partial charge on any atom is -0.357 e. The van der Waals surface area contributed by atoms with Crippen molar-refractivity contribution in [1.29, 1.82) is 0 Å². The Bertz CT molecular complexity index is 275. The van der Waals surface area contributed by atoms with Crippen LogP contribution in [0.4, 0.5) is 0 Å². The molecule has 0 saturated heterocycles. The summed E-state index contributed by atoms with van der Waals surface area (Å²) in [7, 11) is 0.